The second-order valence-electron chi connectivity index (χ2n) is 3.16. The highest BCUT2D eigenvalue weighted by atomic mass is 16.3. The normalized spacial score (nSPS) is 10.1. The standard InChI is InChI=1S/C13H10O2/c1-3-10-11-6-5-9(8-14)7-13(11)15-12(10)4-2/h3-8H,1-2H2. The first-order chi connectivity index (χ1) is 7.30. The van der Waals surface area contributed by atoms with Crippen LogP contribution in [0.25, 0.3) is 23.1 Å². The van der Waals surface area contributed by atoms with Crippen LogP contribution in [-0.2, 0) is 0 Å². The number of carbonyl (C=O) groups excluding carboxylic acids is 1. The molecule has 2 aromatic rings. The van der Waals surface area contributed by atoms with Gasteiger partial charge in [0.25, 0.3) is 0 Å². The SMILES string of the molecule is C=Cc1oc2cc(C=O)ccc2c1C=C. The van der Waals surface area contributed by atoms with Crippen LogP contribution < -0.4 is 0 Å². The summed E-state index contributed by atoms with van der Waals surface area (Å²) in [4.78, 5) is 10.6. The maximum Gasteiger partial charge on any atom is 0.150 e. The number of benzene rings is 1. The molecule has 0 saturated heterocycles. The predicted molar refractivity (Wildman–Crippen MR) is 61.8 cm³/mol. The first kappa shape index (κ1) is 9.46. The summed E-state index contributed by atoms with van der Waals surface area (Å²) in [7, 11) is 0. The molecule has 0 aliphatic carbocycles. The summed E-state index contributed by atoms with van der Waals surface area (Å²) in [5, 5.41) is 0.950. The van der Waals surface area contributed by atoms with Crippen LogP contribution in [0.2, 0.25) is 0 Å². The molecule has 2 heteroatoms. The largest absolute Gasteiger partial charge is 0.456 e. The molecule has 2 rings (SSSR count). The van der Waals surface area contributed by atoms with Gasteiger partial charge in [0.05, 0.1) is 0 Å². The molecule has 0 atom stereocenters. The number of hydrogen-bond donors (Lipinski definition) is 0. The summed E-state index contributed by atoms with van der Waals surface area (Å²) >= 11 is 0. The highest BCUT2D eigenvalue weighted by Crippen LogP contribution is 2.28. The molecule has 0 radical (unpaired) electrons. The van der Waals surface area contributed by atoms with Gasteiger partial charge in [-0.05, 0) is 18.2 Å². The molecular formula is C13H10O2. The number of aldehydes is 1. The van der Waals surface area contributed by atoms with Crippen molar-refractivity contribution < 1.29 is 9.21 Å². The van der Waals surface area contributed by atoms with Gasteiger partial charge in [-0.15, -0.1) is 0 Å². The zero-order chi connectivity index (χ0) is 10.8. The van der Waals surface area contributed by atoms with E-state index in [2.05, 4.69) is 13.2 Å². The second-order valence-corrected chi connectivity index (χ2v) is 3.16. The topological polar surface area (TPSA) is 30.2 Å². The van der Waals surface area contributed by atoms with Gasteiger partial charge in [0, 0.05) is 16.5 Å². The highest BCUT2D eigenvalue weighted by Gasteiger charge is 2.09. The van der Waals surface area contributed by atoms with Crippen LogP contribution in [0.15, 0.2) is 35.8 Å². The Kier molecular flexibility index (Phi) is 2.26. The quantitative estimate of drug-likeness (QED) is 0.706. The summed E-state index contributed by atoms with van der Waals surface area (Å²) in [5.41, 5.74) is 2.20. The summed E-state index contributed by atoms with van der Waals surface area (Å²) < 4.78 is 5.53. The molecule has 0 spiro atoms. The maximum absolute atomic E-state index is 10.6. The van der Waals surface area contributed by atoms with Crippen LogP contribution in [-0.4, -0.2) is 6.29 Å². The molecule has 15 heavy (non-hydrogen) atoms. The van der Waals surface area contributed by atoms with E-state index >= 15 is 0 Å². The molecule has 1 aromatic carbocycles. The Morgan fingerprint density at radius 1 is 1.20 bits per heavy atom. The summed E-state index contributed by atoms with van der Waals surface area (Å²) in [6.07, 6.45) is 4.16. The molecule has 0 N–H and O–H groups in total. The van der Waals surface area contributed by atoms with Crippen molar-refractivity contribution in [3.63, 3.8) is 0 Å². The third kappa shape index (κ3) is 1.40. The van der Waals surface area contributed by atoms with E-state index in [0.717, 1.165) is 17.2 Å². The smallest absolute Gasteiger partial charge is 0.150 e. The van der Waals surface area contributed by atoms with Crippen LogP contribution >= 0.6 is 0 Å². The molecule has 0 amide bonds. The van der Waals surface area contributed by atoms with Gasteiger partial charge in [-0.25, -0.2) is 0 Å². The zero-order valence-corrected chi connectivity index (χ0v) is 8.19. The van der Waals surface area contributed by atoms with E-state index in [1.54, 1.807) is 24.3 Å². The number of carbonyl (C=O) groups is 1. The van der Waals surface area contributed by atoms with E-state index in [-0.39, 0.29) is 0 Å². The van der Waals surface area contributed by atoms with E-state index in [1.165, 1.54) is 0 Å². The van der Waals surface area contributed by atoms with E-state index in [4.69, 9.17) is 4.42 Å². The van der Waals surface area contributed by atoms with E-state index in [9.17, 15) is 4.79 Å². The van der Waals surface area contributed by atoms with Crippen molar-refractivity contribution in [1.29, 1.82) is 0 Å². The Bertz CT molecular complexity index is 547. The van der Waals surface area contributed by atoms with Crippen LogP contribution in [0, 0.1) is 0 Å². The minimum Gasteiger partial charge on any atom is -0.456 e. The molecule has 74 valence electrons. The summed E-state index contributed by atoms with van der Waals surface area (Å²) in [6, 6.07) is 5.32. The lowest BCUT2D eigenvalue weighted by molar-refractivity contribution is 0.112. The Hall–Kier alpha value is -2.09. The molecule has 1 heterocycles. The van der Waals surface area contributed by atoms with Gasteiger partial charge in [0.2, 0.25) is 0 Å². The lowest BCUT2D eigenvalue weighted by Crippen LogP contribution is -1.77. The molecule has 1 aromatic heterocycles. The van der Waals surface area contributed by atoms with Crippen LogP contribution in [0.4, 0.5) is 0 Å². The average Bonchev–Trinajstić information content (AvgIpc) is 2.65. The van der Waals surface area contributed by atoms with E-state index in [0.29, 0.717) is 16.9 Å². The Morgan fingerprint density at radius 3 is 2.60 bits per heavy atom. The van der Waals surface area contributed by atoms with Crippen molar-refractivity contribution in [2.45, 2.75) is 0 Å². The van der Waals surface area contributed by atoms with Gasteiger partial charge in [-0.2, -0.15) is 0 Å². The monoisotopic (exact) mass is 198 g/mol. The maximum atomic E-state index is 10.6. The minimum atomic E-state index is 0.600. The van der Waals surface area contributed by atoms with Crippen molar-refractivity contribution in [2.24, 2.45) is 0 Å². The average molecular weight is 198 g/mol. The van der Waals surface area contributed by atoms with Crippen molar-refractivity contribution >= 4 is 29.4 Å². The van der Waals surface area contributed by atoms with E-state index in [1.807, 2.05) is 6.07 Å². The van der Waals surface area contributed by atoms with Crippen molar-refractivity contribution in [3.8, 4) is 0 Å². The third-order valence-electron chi connectivity index (χ3n) is 2.31. The minimum absolute atomic E-state index is 0.600. The Morgan fingerprint density at radius 2 is 2.00 bits per heavy atom. The van der Waals surface area contributed by atoms with Gasteiger partial charge < -0.3 is 4.42 Å². The number of hydrogen-bond acceptors (Lipinski definition) is 2. The fraction of sp³-hybridized carbons (Fsp3) is 0. The van der Waals surface area contributed by atoms with Gasteiger partial charge in [-0.1, -0.05) is 25.3 Å². The van der Waals surface area contributed by atoms with Gasteiger partial charge in [-0.3, -0.25) is 4.79 Å². The van der Waals surface area contributed by atoms with Gasteiger partial charge in [0.15, 0.2) is 0 Å². The molecular weight excluding hydrogens is 188 g/mol. The van der Waals surface area contributed by atoms with Gasteiger partial charge in [0.1, 0.15) is 17.6 Å². The molecule has 0 aliphatic heterocycles. The number of furan rings is 1. The van der Waals surface area contributed by atoms with Crippen LogP contribution in [0.3, 0.4) is 0 Å². The number of fused-ring (bicyclic) bond motifs is 1. The van der Waals surface area contributed by atoms with Crippen LogP contribution in [0.5, 0.6) is 0 Å². The molecule has 0 aliphatic rings. The fourth-order valence-corrected chi connectivity index (χ4v) is 1.59. The molecule has 0 fully saturated rings. The second kappa shape index (κ2) is 3.58. The molecule has 0 saturated carbocycles. The zero-order valence-electron chi connectivity index (χ0n) is 8.19. The lowest BCUT2D eigenvalue weighted by Gasteiger charge is -1.91. The van der Waals surface area contributed by atoms with E-state index < -0.39 is 0 Å². The Balaban J connectivity index is 2.81. The first-order valence-corrected chi connectivity index (χ1v) is 4.56. The van der Waals surface area contributed by atoms with Crippen molar-refractivity contribution in [1.82, 2.24) is 0 Å². The fourth-order valence-electron chi connectivity index (χ4n) is 1.59. The molecule has 0 unspecified atom stereocenters. The molecule has 0 bridgehead atoms. The molecule has 2 nitrogen and oxygen atoms in total. The van der Waals surface area contributed by atoms with Crippen LogP contribution in [0.1, 0.15) is 21.7 Å². The van der Waals surface area contributed by atoms with Gasteiger partial charge >= 0.3 is 0 Å². The summed E-state index contributed by atoms with van der Waals surface area (Å²) in [6.45, 7) is 7.39. The lowest BCUT2D eigenvalue weighted by atomic mass is 10.1. The van der Waals surface area contributed by atoms with Crippen molar-refractivity contribution in [3.05, 3.63) is 48.2 Å². The highest BCUT2D eigenvalue weighted by molar-refractivity contribution is 5.93. The first-order valence-electron chi connectivity index (χ1n) is 4.56. The third-order valence-corrected chi connectivity index (χ3v) is 2.31. The number of rotatable bonds is 3. The Labute approximate surface area is 87.5 Å². The summed E-state index contributed by atoms with van der Waals surface area (Å²) in [5.74, 6) is 0.683. The van der Waals surface area contributed by atoms with Crippen molar-refractivity contribution in [2.75, 3.05) is 0 Å². The predicted octanol–water partition coefficient (Wildman–Crippen LogP) is 3.53.